The van der Waals surface area contributed by atoms with Crippen LogP contribution in [0.2, 0.25) is 0 Å². The van der Waals surface area contributed by atoms with Crippen LogP contribution in [0.5, 0.6) is 0 Å². The molecule has 0 aliphatic carbocycles. The summed E-state index contributed by atoms with van der Waals surface area (Å²) in [6.07, 6.45) is -98.9. The number of nitrogens with one attached hydrogen (secondary N) is 6. The number of carbonyl (C=O) groups is 7. The van der Waals surface area contributed by atoms with Crippen molar-refractivity contribution in [2.24, 2.45) is 0 Å². The maximum Gasteiger partial charge on any atom is 0.217 e. The standard InChI is InChI=1S/C77H128N6O56/c1-20(94)79-37-26(99)6-77(76(118)119,138-63(37)42(101)27(100)8-85)139-66-46(105)30(11-88)125-75(58(66)117)134-61-33(14-91)128-70(41(51(61)110)83-24(5)98)137-65-47(106)36(18-122-68-39(81-22(3)96)49(108)59(31(12-89)126-68)132-72-54(113)52(111)44(103)35(130-72)17-121-67-38(80-21(2)95)48(107)43(102)28(9-86)123-67)131-74(57(65)116)133-60-32(13-90)127-69(40(50(60)109)82-23(4)97)136-64-45(104)29(10-87)124-73(56(64)115)135-62-34(15-92)129-71(55(114)53(62)112)120-16-25(7-84)78-19-93/h19,25-75,84-92,99-117H,6-18H2,1-5H3,(H,78,93)(H,79,94)(H,80,95)(H,81,96)(H,82,97)(H,83,98)(H,118,119)/p-1/t25-,26+,27-,28-,29-,30-,31-,32-,33-,34-,35-,36-,37-,38-,39-,40-,41-,42-,43-,44+,45+,46+,47+,48-,49-,50-,51-,52+,53-,54-,55-,56-,57-,58-,59-,60-,61-,62-,63-,64+,65+,66+,67-,68-,69+,70+,71-,72+,73+,74+,75+,77+/m1/s1. The number of hydrogen-bond donors (Lipinski definition) is 34. The molecule has 802 valence electrons. The average molecular weight is 2030 g/mol. The van der Waals surface area contributed by atoms with Crippen LogP contribution < -0.4 is 37.0 Å². The van der Waals surface area contributed by atoms with Crippen LogP contribution in [0.1, 0.15) is 41.0 Å². The minimum Gasteiger partial charge on any atom is -0.544 e. The van der Waals surface area contributed by atoms with Crippen molar-refractivity contribution < 1.29 is 276 Å². The van der Waals surface area contributed by atoms with E-state index in [9.17, 15) is 182 Å². The lowest BCUT2D eigenvalue weighted by Crippen LogP contribution is -2.72. The quantitative estimate of drug-likeness (QED) is 0.0252. The third-order valence-electron chi connectivity index (χ3n) is 24.8. The van der Waals surface area contributed by atoms with Crippen molar-refractivity contribution >= 4 is 41.9 Å². The van der Waals surface area contributed by atoms with Gasteiger partial charge in [-0.25, -0.2) is 0 Å². The summed E-state index contributed by atoms with van der Waals surface area (Å²) < 4.78 is 118. The molecule has 0 aromatic rings. The van der Waals surface area contributed by atoms with Crippen LogP contribution in [0.15, 0.2) is 0 Å². The Labute approximate surface area is 786 Å². The van der Waals surface area contributed by atoms with E-state index in [0.29, 0.717) is 0 Å². The van der Waals surface area contributed by atoms with Gasteiger partial charge in [-0.2, -0.15) is 0 Å². The van der Waals surface area contributed by atoms with Crippen molar-refractivity contribution in [3.8, 4) is 0 Å². The van der Waals surface area contributed by atoms with Gasteiger partial charge in [-0.1, -0.05) is 0 Å². The van der Waals surface area contributed by atoms with Crippen molar-refractivity contribution in [2.45, 2.75) is 359 Å². The van der Waals surface area contributed by atoms with Gasteiger partial charge in [0.1, 0.15) is 244 Å². The first-order valence-electron chi connectivity index (χ1n) is 44.0. The van der Waals surface area contributed by atoms with Crippen molar-refractivity contribution in [1.82, 2.24) is 31.9 Å². The van der Waals surface area contributed by atoms with E-state index in [-0.39, 0.29) is 6.41 Å². The van der Waals surface area contributed by atoms with Gasteiger partial charge in [0.25, 0.3) is 0 Å². The third-order valence-corrected chi connectivity index (χ3v) is 24.8. The molecule has 62 nitrogen and oxygen atoms in total. The van der Waals surface area contributed by atoms with Crippen LogP contribution in [0, 0.1) is 0 Å². The first-order valence-corrected chi connectivity index (χ1v) is 44.0. The summed E-state index contributed by atoms with van der Waals surface area (Å²) >= 11 is 0. The Morgan fingerprint density at radius 1 is 0.338 bits per heavy atom. The van der Waals surface area contributed by atoms with Crippen molar-refractivity contribution in [1.29, 1.82) is 0 Å². The number of carbonyl (C=O) groups excluding carboxylic acids is 7. The third kappa shape index (κ3) is 26.5. The molecule has 6 amide bonds. The molecule has 10 saturated heterocycles. The van der Waals surface area contributed by atoms with E-state index in [2.05, 4.69) is 31.9 Å². The Bertz CT molecular complexity index is 3880. The van der Waals surface area contributed by atoms with Gasteiger partial charge in [-0.3, -0.25) is 28.8 Å². The number of aliphatic carboxylic acids is 1. The van der Waals surface area contributed by atoms with Gasteiger partial charge in [0.2, 0.25) is 41.7 Å². The molecule has 139 heavy (non-hydrogen) atoms. The number of carboxylic acid groups (broad SMARTS) is 1. The molecule has 10 rings (SSSR count). The van der Waals surface area contributed by atoms with Crippen molar-refractivity contribution in [3.05, 3.63) is 0 Å². The zero-order valence-electron chi connectivity index (χ0n) is 74.7. The predicted octanol–water partition coefficient (Wildman–Crippen LogP) is -25.1. The van der Waals surface area contributed by atoms with E-state index in [1.165, 1.54) is 0 Å². The lowest BCUT2D eigenvalue weighted by molar-refractivity contribution is -0.411. The molecular weight excluding hydrogens is 1900 g/mol. The molecule has 0 spiro atoms. The Balaban J connectivity index is 0.943. The van der Waals surface area contributed by atoms with Gasteiger partial charge in [-0.15, -0.1) is 0 Å². The Kier molecular flexibility index (Phi) is 42.4. The number of hydrogen-bond acceptors (Lipinski definition) is 56. The molecular formula is C77H127N6O56-. The molecule has 10 aliphatic rings. The highest BCUT2D eigenvalue weighted by Crippen LogP contribution is 2.43. The SMILES string of the molecule is CC(=O)N[C@H]1[C@H](OC[C@H]2O[C@@H](O[C@H]3[C@H](O)[C@@H](NC(C)=O)[C@H](O[C@H]4[C@@H](O)[C@@H](CO)O[C@@H](O[C@H]5[C@H](O)[C@@H](O)[C@H](OC[C@@H](CO)NC=O)O[C@@H]5CO)[C@@H]4O)O[C@@H]3CO)[C@H](O)[C@@H](O[C@@H]3O[C@H](CO)[C@@H](O[C@@H]4O[C@H](CO)[C@H](O)[C@H](O[C@]5(C(=O)[O-])C[C@H](O)[C@@H](NC(C)=O)[C@H]([C@H](O)[C@H](O)CO)O5)[C@H]4O)[C@H](O)[C@H]3NC(C)=O)[C@H]2O)O[C@H](CO)[C@@H](O[C@@H]2O[C@H](CO[C@@H]3O[C@H](CO)[C@@H](O)[C@H](O)[C@H]3NC(C)=O)[C@H](O)[C@H](O)[C@H]2O)[C@@H]1O. The van der Waals surface area contributed by atoms with E-state index in [1.807, 2.05) is 0 Å². The van der Waals surface area contributed by atoms with Crippen molar-refractivity contribution in [3.63, 3.8) is 0 Å². The van der Waals surface area contributed by atoms with Crippen LogP contribution >= 0.6 is 0 Å². The maximum atomic E-state index is 13.4. The first-order chi connectivity index (χ1) is 65.7. The summed E-state index contributed by atoms with van der Waals surface area (Å²) in [6, 6.07) is -10.7. The van der Waals surface area contributed by atoms with Gasteiger partial charge in [0, 0.05) is 41.0 Å². The molecule has 62 heteroatoms. The number of ether oxygens (including phenoxy) is 20. The largest absolute Gasteiger partial charge is 0.544 e. The van der Waals surface area contributed by atoms with E-state index in [4.69, 9.17) is 94.7 Å². The minimum absolute atomic E-state index is 0.227. The zero-order valence-corrected chi connectivity index (χ0v) is 74.7. The summed E-state index contributed by atoms with van der Waals surface area (Å²) in [6.45, 7) is -8.20. The van der Waals surface area contributed by atoms with E-state index < -0.39 is 440 Å². The molecule has 0 aromatic carbocycles. The Morgan fingerprint density at radius 2 is 0.647 bits per heavy atom. The van der Waals surface area contributed by atoms with Gasteiger partial charge in [0.15, 0.2) is 56.6 Å². The fourth-order valence-electron chi connectivity index (χ4n) is 17.6. The monoisotopic (exact) mass is 2030 g/mol. The fourth-order valence-corrected chi connectivity index (χ4v) is 17.6. The van der Waals surface area contributed by atoms with Crippen molar-refractivity contribution in [2.75, 3.05) is 79.3 Å². The molecule has 0 unspecified atom stereocenters. The molecule has 0 aromatic heterocycles. The van der Waals surface area contributed by atoms with Crippen LogP contribution in [0.3, 0.4) is 0 Å². The van der Waals surface area contributed by atoms with E-state index >= 15 is 0 Å². The molecule has 0 radical (unpaired) electrons. The average Bonchev–Trinajstić information content (AvgIpc) is 0.738. The van der Waals surface area contributed by atoms with E-state index in [1.54, 1.807) is 0 Å². The second kappa shape index (κ2) is 51.1. The van der Waals surface area contributed by atoms with Gasteiger partial charge >= 0.3 is 0 Å². The molecule has 10 aliphatic heterocycles. The highest BCUT2D eigenvalue weighted by molar-refractivity contribution is 5.76. The summed E-state index contributed by atoms with van der Waals surface area (Å²) in [5, 5.41) is 342. The highest BCUT2D eigenvalue weighted by Gasteiger charge is 2.63. The maximum absolute atomic E-state index is 13.4. The van der Waals surface area contributed by atoms with E-state index in [0.717, 1.165) is 34.6 Å². The molecule has 34 N–H and O–H groups in total. The fraction of sp³-hybridized carbons (Fsp3) is 0.909. The molecule has 0 saturated carbocycles. The molecule has 52 atom stereocenters. The van der Waals surface area contributed by atoms with Gasteiger partial charge < -0.3 is 280 Å². The number of aliphatic hydroxyl groups excluding tert-OH is 28. The summed E-state index contributed by atoms with van der Waals surface area (Å²) in [7, 11) is 0. The second-order valence-corrected chi connectivity index (χ2v) is 34.6. The summed E-state index contributed by atoms with van der Waals surface area (Å²) in [4.78, 5) is 88.6. The molecule has 0 bridgehead atoms. The predicted molar refractivity (Wildman–Crippen MR) is 426 cm³/mol. The van der Waals surface area contributed by atoms with Gasteiger partial charge in [-0.05, 0) is 0 Å². The highest BCUT2D eigenvalue weighted by atomic mass is 16.8. The zero-order chi connectivity index (χ0) is 103. The smallest absolute Gasteiger partial charge is 0.217 e. The molecule has 10 fully saturated rings. The topological polar surface area (TPSA) is 966 Å². The number of aliphatic hydroxyl groups is 28. The summed E-state index contributed by atoms with van der Waals surface area (Å²) in [5.74, 6) is -10.7. The minimum atomic E-state index is -3.46. The van der Waals surface area contributed by atoms with Gasteiger partial charge in [0.05, 0.1) is 97.5 Å². The first kappa shape index (κ1) is 115. The lowest BCUT2D eigenvalue weighted by atomic mass is 9.88. The second-order valence-electron chi connectivity index (χ2n) is 34.6. The number of carboxylic acids is 1. The summed E-state index contributed by atoms with van der Waals surface area (Å²) in [5.41, 5.74) is 0. The van der Waals surface area contributed by atoms with Crippen LogP contribution in [0.25, 0.3) is 0 Å². The van der Waals surface area contributed by atoms with Crippen LogP contribution in [-0.2, 0) is 128 Å². The molecule has 10 heterocycles. The van der Waals surface area contributed by atoms with Crippen LogP contribution in [0.4, 0.5) is 0 Å². The van der Waals surface area contributed by atoms with Crippen LogP contribution in [-0.4, -0.2) is 583 Å². The number of amides is 6. The Morgan fingerprint density at radius 3 is 1.04 bits per heavy atom. The normalized spacial score (nSPS) is 45.6. The number of rotatable bonds is 42. The lowest BCUT2D eigenvalue weighted by Gasteiger charge is -2.52. The Hall–Kier alpha value is -5.63.